The van der Waals surface area contributed by atoms with Crippen LogP contribution in [0.15, 0.2) is 77.3 Å². The van der Waals surface area contributed by atoms with Crippen molar-refractivity contribution in [3.63, 3.8) is 0 Å². The maximum atomic E-state index is 13.3. The fourth-order valence-corrected chi connectivity index (χ4v) is 4.19. The summed E-state index contributed by atoms with van der Waals surface area (Å²) in [5.41, 5.74) is 6.55. The van der Waals surface area contributed by atoms with E-state index in [4.69, 9.17) is 4.98 Å². The van der Waals surface area contributed by atoms with Gasteiger partial charge < -0.3 is 5.32 Å². The first-order valence-electron chi connectivity index (χ1n) is 9.96. The summed E-state index contributed by atoms with van der Waals surface area (Å²) in [6, 6.07) is 24.0. The van der Waals surface area contributed by atoms with E-state index in [-0.39, 0.29) is 11.9 Å². The van der Waals surface area contributed by atoms with Gasteiger partial charge in [-0.1, -0.05) is 76.1 Å². The van der Waals surface area contributed by atoms with Crippen molar-refractivity contribution in [3.05, 3.63) is 99.5 Å². The van der Waals surface area contributed by atoms with Crippen LogP contribution in [0.2, 0.25) is 0 Å². The van der Waals surface area contributed by atoms with Crippen LogP contribution < -0.4 is 5.32 Å². The van der Waals surface area contributed by atoms with E-state index in [1.54, 1.807) is 0 Å². The van der Waals surface area contributed by atoms with E-state index in [1.807, 2.05) is 74.5 Å². The Morgan fingerprint density at radius 2 is 1.67 bits per heavy atom. The lowest BCUT2D eigenvalue weighted by atomic mass is 10.00. The molecule has 0 spiro atoms. The fourth-order valence-electron chi connectivity index (χ4n) is 3.62. The highest BCUT2D eigenvalue weighted by Gasteiger charge is 2.18. The Balaban J connectivity index is 1.82. The summed E-state index contributed by atoms with van der Waals surface area (Å²) in [5.74, 6) is -0.107. The highest BCUT2D eigenvalue weighted by Crippen LogP contribution is 2.30. The zero-order valence-electron chi connectivity index (χ0n) is 17.2. The molecule has 1 N–H and O–H groups in total. The van der Waals surface area contributed by atoms with Gasteiger partial charge in [0.1, 0.15) is 0 Å². The molecule has 4 heteroatoms. The average Bonchev–Trinajstić information content (AvgIpc) is 2.74. The maximum Gasteiger partial charge on any atom is 0.252 e. The van der Waals surface area contributed by atoms with E-state index >= 15 is 0 Å². The monoisotopic (exact) mass is 458 g/mol. The molecule has 0 saturated heterocycles. The van der Waals surface area contributed by atoms with Gasteiger partial charge in [0.15, 0.2) is 0 Å². The summed E-state index contributed by atoms with van der Waals surface area (Å²) >= 11 is 3.57. The number of hydrogen-bond donors (Lipinski definition) is 1. The van der Waals surface area contributed by atoms with Crippen molar-refractivity contribution in [3.8, 4) is 11.3 Å². The zero-order valence-corrected chi connectivity index (χ0v) is 18.8. The molecule has 0 aliphatic heterocycles. The number of halogens is 1. The van der Waals surface area contributed by atoms with Crippen LogP contribution in [0.4, 0.5) is 0 Å². The molecule has 150 valence electrons. The largest absolute Gasteiger partial charge is 0.345 e. The smallest absolute Gasteiger partial charge is 0.252 e. The molecule has 30 heavy (non-hydrogen) atoms. The van der Waals surface area contributed by atoms with Gasteiger partial charge in [0, 0.05) is 15.4 Å². The van der Waals surface area contributed by atoms with Gasteiger partial charge in [-0.25, -0.2) is 4.98 Å². The Kier molecular flexibility index (Phi) is 5.69. The maximum absolute atomic E-state index is 13.3. The summed E-state index contributed by atoms with van der Waals surface area (Å²) < 4.78 is 0.933. The molecule has 4 rings (SSSR count). The Bertz CT molecular complexity index is 1220. The molecule has 0 fully saturated rings. The molecule has 3 nitrogen and oxygen atoms in total. The summed E-state index contributed by atoms with van der Waals surface area (Å²) in [4.78, 5) is 18.2. The normalized spacial score (nSPS) is 12.0. The summed E-state index contributed by atoms with van der Waals surface area (Å²) in [6.07, 6.45) is 0. The molecule has 0 radical (unpaired) electrons. The minimum Gasteiger partial charge on any atom is -0.345 e. The van der Waals surface area contributed by atoms with Crippen molar-refractivity contribution in [1.29, 1.82) is 0 Å². The van der Waals surface area contributed by atoms with Gasteiger partial charge >= 0.3 is 0 Å². The third-order valence-corrected chi connectivity index (χ3v) is 5.77. The van der Waals surface area contributed by atoms with Crippen LogP contribution in [-0.4, -0.2) is 10.9 Å². The van der Waals surface area contributed by atoms with Gasteiger partial charge in [-0.15, -0.1) is 0 Å². The Hall–Kier alpha value is -2.98. The number of benzene rings is 3. The highest BCUT2D eigenvalue weighted by molar-refractivity contribution is 9.10. The number of hydrogen-bond acceptors (Lipinski definition) is 2. The van der Waals surface area contributed by atoms with Gasteiger partial charge in [-0.3, -0.25) is 4.79 Å². The molecule has 4 aromatic rings. The number of rotatable bonds is 4. The second kappa shape index (κ2) is 8.41. The van der Waals surface area contributed by atoms with E-state index < -0.39 is 0 Å². The van der Waals surface area contributed by atoms with Crippen LogP contribution in [0.1, 0.15) is 40.0 Å². The van der Waals surface area contributed by atoms with Crippen molar-refractivity contribution < 1.29 is 4.79 Å². The van der Waals surface area contributed by atoms with Crippen LogP contribution in [0.3, 0.4) is 0 Å². The van der Waals surface area contributed by atoms with Gasteiger partial charge in [-0.05, 0) is 50.1 Å². The second-order valence-electron chi connectivity index (χ2n) is 7.65. The SMILES string of the molecule is Cc1ccc(-c2cc(C(=O)N[C@H](C)c3ccccc3)c3cc(Br)cc(C)c3n2)cc1. The molecule has 1 aromatic heterocycles. The predicted molar refractivity (Wildman–Crippen MR) is 127 cm³/mol. The van der Waals surface area contributed by atoms with Crippen molar-refractivity contribution in [2.75, 3.05) is 0 Å². The lowest BCUT2D eigenvalue weighted by molar-refractivity contribution is 0.0941. The number of nitrogens with one attached hydrogen (secondary N) is 1. The number of amides is 1. The third-order valence-electron chi connectivity index (χ3n) is 5.31. The minimum absolute atomic E-state index is 0.0991. The van der Waals surface area contributed by atoms with Crippen molar-refractivity contribution in [1.82, 2.24) is 10.3 Å². The van der Waals surface area contributed by atoms with E-state index in [0.717, 1.165) is 37.8 Å². The number of aromatic nitrogens is 1. The van der Waals surface area contributed by atoms with E-state index in [1.165, 1.54) is 5.56 Å². The molecule has 3 aromatic carbocycles. The molecule has 0 aliphatic carbocycles. The molecular weight excluding hydrogens is 436 g/mol. The third kappa shape index (κ3) is 4.14. The Labute approximate surface area is 185 Å². The molecular formula is C26H23BrN2O. The summed E-state index contributed by atoms with van der Waals surface area (Å²) in [5, 5.41) is 3.99. The molecule has 0 saturated carbocycles. The number of pyridine rings is 1. The van der Waals surface area contributed by atoms with E-state index in [0.29, 0.717) is 5.56 Å². The average molecular weight is 459 g/mol. The highest BCUT2D eigenvalue weighted by atomic mass is 79.9. The van der Waals surface area contributed by atoms with Gasteiger partial charge in [0.2, 0.25) is 0 Å². The van der Waals surface area contributed by atoms with Gasteiger partial charge in [-0.2, -0.15) is 0 Å². The van der Waals surface area contributed by atoms with Crippen LogP contribution in [-0.2, 0) is 0 Å². The number of nitrogens with zero attached hydrogens (tertiary/aromatic N) is 1. The fraction of sp³-hybridized carbons (Fsp3) is 0.154. The molecule has 0 bridgehead atoms. The number of carbonyl (C=O) groups excluding carboxylic acids is 1. The van der Waals surface area contributed by atoms with Crippen molar-refractivity contribution in [2.45, 2.75) is 26.8 Å². The van der Waals surface area contributed by atoms with Crippen molar-refractivity contribution >= 4 is 32.7 Å². The summed E-state index contributed by atoms with van der Waals surface area (Å²) in [7, 11) is 0. The van der Waals surface area contributed by atoms with E-state index in [2.05, 4.69) is 40.3 Å². The first kappa shape index (κ1) is 20.3. The molecule has 1 heterocycles. The standard InChI is InChI=1S/C26H23BrN2O/c1-16-9-11-20(12-10-16)24-15-23(22-14-21(27)13-17(2)25(22)29-24)26(30)28-18(3)19-7-5-4-6-8-19/h4-15,18H,1-3H3,(H,28,30)/t18-/m1/s1. The molecule has 1 amide bonds. The van der Waals surface area contributed by atoms with Gasteiger partial charge in [0.25, 0.3) is 5.91 Å². The molecule has 0 aliphatic rings. The number of carbonyl (C=O) groups is 1. The minimum atomic E-state index is -0.107. The van der Waals surface area contributed by atoms with Crippen LogP contribution in [0.5, 0.6) is 0 Å². The van der Waals surface area contributed by atoms with Crippen molar-refractivity contribution in [2.24, 2.45) is 0 Å². The number of aryl methyl sites for hydroxylation is 2. The van der Waals surface area contributed by atoms with Crippen LogP contribution in [0.25, 0.3) is 22.2 Å². The second-order valence-corrected chi connectivity index (χ2v) is 8.56. The van der Waals surface area contributed by atoms with Crippen LogP contribution >= 0.6 is 15.9 Å². The molecule has 1 atom stereocenters. The quantitative estimate of drug-likeness (QED) is 0.366. The summed E-state index contributed by atoms with van der Waals surface area (Å²) in [6.45, 7) is 6.08. The topological polar surface area (TPSA) is 42.0 Å². The number of fused-ring (bicyclic) bond motifs is 1. The van der Waals surface area contributed by atoms with Crippen LogP contribution in [0, 0.1) is 13.8 Å². The first-order valence-corrected chi connectivity index (χ1v) is 10.8. The lowest BCUT2D eigenvalue weighted by Gasteiger charge is -2.17. The molecule has 0 unspecified atom stereocenters. The lowest BCUT2D eigenvalue weighted by Crippen LogP contribution is -2.27. The van der Waals surface area contributed by atoms with E-state index in [9.17, 15) is 4.79 Å². The predicted octanol–water partition coefficient (Wildman–Crippen LogP) is 6.77. The Morgan fingerprint density at radius 3 is 2.37 bits per heavy atom. The first-order chi connectivity index (χ1) is 14.4. The Morgan fingerprint density at radius 1 is 0.967 bits per heavy atom. The zero-order chi connectivity index (χ0) is 21.3. The van der Waals surface area contributed by atoms with Gasteiger partial charge in [0.05, 0.1) is 22.8 Å².